The zero-order valence-corrected chi connectivity index (χ0v) is 12.3. The smallest absolute Gasteiger partial charge is 0.392 e. The van der Waals surface area contributed by atoms with Crippen LogP contribution in [0.15, 0.2) is 47.4 Å². The summed E-state index contributed by atoms with van der Waals surface area (Å²) in [5, 5.41) is 8.98. The van der Waals surface area contributed by atoms with Crippen molar-refractivity contribution in [3.8, 4) is 0 Å². The molecule has 0 heterocycles. The molecule has 1 nitrogen and oxygen atoms in total. The van der Waals surface area contributed by atoms with E-state index in [9.17, 15) is 13.2 Å². The van der Waals surface area contributed by atoms with E-state index in [1.165, 1.54) is 12.1 Å². The maximum absolute atomic E-state index is 13.1. The van der Waals surface area contributed by atoms with Gasteiger partial charge in [-0.15, -0.1) is 11.8 Å². The Hall–Kier alpha value is -1.46. The number of hydrogen-bond donors (Lipinski definition) is 1. The minimum atomic E-state index is -4.42. The molecule has 1 N–H and O–H groups in total. The Morgan fingerprint density at radius 3 is 2.43 bits per heavy atom. The summed E-state index contributed by atoms with van der Waals surface area (Å²) in [6.45, 7) is 1.55. The summed E-state index contributed by atoms with van der Waals surface area (Å²) in [6.07, 6.45) is -4.42. The van der Waals surface area contributed by atoms with Gasteiger partial charge >= 0.3 is 6.18 Å². The van der Waals surface area contributed by atoms with Crippen LogP contribution >= 0.6 is 11.8 Å². The zero-order chi connectivity index (χ0) is 15.5. The molecule has 0 radical (unpaired) electrons. The molecule has 0 saturated heterocycles. The molecule has 2 rings (SSSR count). The Morgan fingerprint density at radius 1 is 1.05 bits per heavy atom. The van der Waals surface area contributed by atoms with Crippen molar-refractivity contribution in [1.82, 2.24) is 0 Å². The highest BCUT2D eigenvalue weighted by atomic mass is 32.2. The number of aliphatic hydroxyl groups excluding tert-OH is 1. The molecule has 112 valence electrons. The fourth-order valence-electron chi connectivity index (χ4n) is 1.99. The number of aryl methyl sites for hydroxylation is 1. The molecule has 5 heteroatoms. The van der Waals surface area contributed by atoms with Gasteiger partial charge < -0.3 is 5.11 Å². The Bertz CT molecular complexity index is 623. The first-order valence-electron chi connectivity index (χ1n) is 6.39. The third-order valence-electron chi connectivity index (χ3n) is 3.01. The molecule has 2 aromatic carbocycles. The van der Waals surface area contributed by atoms with Gasteiger partial charge in [0.2, 0.25) is 0 Å². The van der Waals surface area contributed by atoms with Crippen LogP contribution in [0, 0.1) is 6.92 Å². The molecule has 0 aliphatic carbocycles. The van der Waals surface area contributed by atoms with Gasteiger partial charge in [-0.2, -0.15) is 13.2 Å². The van der Waals surface area contributed by atoms with Crippen LogP contribution in [-0.2, 0) is 18.5 Å². The number of benzene rings is 2. The number of aliphatic hydroxyl groups is 1. The fourth-order valence-corrected chi connectivity index (χ4v) is 2.98. The summed E-state index contributed by atoms with van der Waals surface area (Å²) >= 11 is 1.15. The average molecular weight is 312 g/mol. The second kappa shape index (κ2) is 6.54. The topological polar surface area (TPSA) is 20.2 Å². The van der Waals surface area contributed by atoms with Crippen LogP contribution in [0.1, 0.15) is 22.3 Å². The molecule has 0 amide bonds. The summed E-state index contributed by atoms with van der Waals surface area (Å²) in [5.74, 6) is 0.475. The van der Waals surface area contributed by atoms with Crippen LogP contribution in [0.4, 0.5) is 13.2 Å². The Balaban J connectivity index is 2.23. The highest BCUT2D eigenvalue weighted by Crippen LogP contribution is 2.38. The summed E-state index contributed by atoms with van der Waals surface area (Å²) < 4.78 is 39.2. The summed E-state index contributed by atoms with van der Waals surface area (Å²) in [4.78, 5) is 0.182. The minimum absolute atomic E-state index is 0.182. The van der Waals surface area contributed by atoms with Crippen molar-refractivity contribution in [3.63, 3.8) is 0 Å². The van der Waals surface area contributed by atoms with E-state index in [1.54, 1.807) is 0 Å². The number of halogens is 3. The highest BCUT2D eigenvalue weighted by molar-refractivity contribution is 7.98. The van der Waals surface area contributed by atoms with Crippen molar-refractivity contribution in [3.05, 3.63) is 64.7 Å². The van der Waals surface area contributed by atoms with Crippen molar-refractivity contribution >= 4 is 11.8 Å². The van der Waals surface area contributed by atoms with Gasteiger partial charge in [-0.05, 0) is 30.2 Å². The average Bonchev–Trinajstić information content (AvgIpc) is 2.44. The summed E-state index contributed by atoms with van der Waals surface area (Å²) in [5.41, 5.74) is 1.65. The molecular formula is C16H15F3OS. The molecule has 2 aromatic rings. The van der Waals surface area contributed by atoms with Crippen molar-refractivity contribution in [1.29, 1.82) is 0 Å². The predicted molar refractivity (Wildman–Crippen MR) is 78.1 cm³/mol. The number of hydrogen-bond acceptors (Lipinski definition) is 2. The predicted octanol–water partition coefficient (Wildman–Crippen LogP) is 4.80. The molecule has 0 bridgehead atoms. The van der Waals surface area contributed by atoms with E-state index in [-0.39, 0.29) is 10.5 Å². The third-order valence-corrected chi connectivity index (χ3v) is 4.15. The maximum atomic E-state index is 13.1. The van der Waals surface area contributed by atoms with Crippen LogP contribution < -0.4 is 0 Å². The summed E-state index contributed by atoms with van der Waals surface area (Å²) in [7, 11) is 0. The Morgan fingerprint density at radius 2 is 1.81 bits per heavy atom. The molecule has 21 heavy (non-hydrogen) atoms. The Kier molecular flexibility index (Phi) is 4.96. The van der Waals surface area contributed by atoms with Gasteiger partial charge in [0.1, 0.15) is 0 Å². The van der Waals surface area contributed by atoms with E-state index in [0.29, 0.717) is 5.75 Å². The van der Waals surface area contributed by atoms with E-state index < -0.39 is 18.3 Å². The van der Waals surface area contributed by atoms with E-state index in [0.717, 1.165) is 29.0 Å². The molecule has 0 aromatic heterocycles. The van der Waals surface area contributed by atoms with Gasteiger partial charge in [-0.3, -0.25) is 0 Å². The van der Waals surface area contributed by atoms with Crippen molar-refractivity contribution < 1.29 is 18.3 Å². The normalized spacial score (nSPS) is 11.7. The highest BCUT2D eigenvalue weighted by Gasteiger charge is 2.33. The molecular weight excluding hydrogens is 297 g/mol. The lowest BCUT2D eigenvalue weighted by atomic mass is 10.1. The zero-order valence-electron chi connectivity index (χ0n) is 11.4. The molecule has 0 atom stereocenters. The van der Waals surface area contributed by atoms with E-state index in [2.05, 4.69) is 0 Å². The third kappa shape index (κ3) is 4.25. The van der Waals surface area contributed by atoms with Crippen LogP contribution in [-0.4, -0.2) is 5.11 Å². The minimum Gasteiger partial charge on any atom is -0.392 e. The fraction of sp³-hybridized carbons (Fsp3) is 0.250. The van der Waals surface area contributed by atoms with Crippen LogP contribution in [0.2, 0.25) is 0 Å². The van der Waals surface area contributed by atoms with Gasteiger partial charge in [0.15, 0.2) is 0 Å². The molecule has 0 aliphatic heterocycles. The number of alkyl halides is 3. The lowest BCUT2D eigenvalue weighted by molar-refractivity contribution is -0.139. The first-order chi connectivity index (χ1) is 9.90. The molecule has 0 spiro atoms. The van der Waals surface area contributed by atoms with E-state index in [4.69, 9.17) is 5.11 Å². The SMILES string of the molecule is Cc1cccc(CSc2ccc(CO)cc2C(F)(F)F)c1. The lowest BCUT2D eigenvalue weighted by Crippen LogP contribution is -2.07. The quantitative estimate of drug-likeness (QED) is 0.818. The van der Waals surface area contributed by atoms with Crippen molar-refractivity contribution in [2.75, 3.05) is 0 Å². The Labute approximate surface area is 125 Å². The molecule has 0 unspecified atom stereocenters. The largest absolute Gasteiger partial charge is 0.417 e. The maximum Gasteiger partial charge on any atom is 0.417 e. The van der Waals surface area contributed by atoms with Crippen LogP contribution in [0.25, 0.3) is 0 Å². The van der Waals surface area contributed by atoms with Gasteiger partial charge in [0, 0.05) is 10.6 Å². The molecule has 0 saturated carbocycles. The first-order valence-corrected chi connectivity index (χ1v) is 7.38. The standard InChI is InChI=1S/C16H15F3OS/c1-11-3-2-4-13(7-11)10-21-15-6-5-12(9-20)8-14(15)16(17,18)19/h2-8,20H,9-10H2,1H3. The van der Waals surface area contributed by atoms with Crippen molar-refractivity contribution in [2.24, 2.45) is 0 Å². The van der Waals surface area contributed by atoms with E-state index in [1.807, 2.05) is 31.2 Å². The first kappa shape index (κ1) is 15.9. The molecule has 0 fully saturated rings. The number of rotatable bonds is 4. The van der Waals surface area contributed by atoms with Gasteiger partial charge in [0.05, 0.1) is 12.2 Å². The van der Waals surface area contributed by atoms with Crippen molar-refractivity contribution in [2.45, 2.75) is 30.4 Å². The van der Waals surface area contributed by atoms with Gasteiger partial charge in [-0.25, -0.2) is 0 Å². The second-order valence-electron chi connectivity index (χ2n) is 4.76. The number of thioether (sulfide) groups is 1. The lowest BCUT2D eigenvalue weighted by Gasteiger charge is -2.14. The van der Waals surface area contributed by atoms with E-state index >= 15 is 0 Å². The van der Waals surface area contributed by atoms with Crippen LogP contribution in [0.5, 0.6) is 0 Å². The monoisotopic (exact) mass is 312 g/mol. The van der Waals surface area contributed by atoms with Crippen LogP contribution in [0.3, 0.4) is 0 Å². The second-order valence-corrected chi connectivity index (χ2v) is 5.78. The van der Waals surface area contributed by atoms with Gasteiger partial charge in [0.25, 0.3) is 0 Å². The van der Waals surface area contributed by atoms with Gasteiger partial charge in [-0.1, -0.05) is 35.9 Å². The summed E-state index contributed by atoms with van der Waals surface area (Å²) in [6, 6.07) is 11.7. The molecule has 0 aliphatic rings.